The standard InChI is InChI=1S/C24H51N/c1-3-5-7-9-11-13-14-16-18-20-22-24(23-25)21-19-17-15-12-10-8-6-4-2/h24H,3-23,25H2,1-2H3/t24-/m1/s1. The molecule has 0 saturated heterocycles. The molecule has 0 amide bonds. The first kappa shape index (κ1) is 25.0. The van der Waals surface area contributed by atoms with E-state index >= 15 is 0 Å². The smallest absolute Gasteiger partial charge is 0.00489 e. The van der Waals surface area contributed by atoms with Gasteiger partial charge < -0.3 is 5.73 Å². The second kappa shape index (κ2) is 22.0. The molecule has 1 atom stereocenters. The van der Waals surface area contributed by atoms with Crippen LogP contribution in [0.5, 0.6) is 0 Å². The number of hydrogen-bond acceptors (Lipinski definition) is 1. The molecule has 25 heavy (non-hydrogen) atoms. The van der Waals surface area contributed by atoms with Crippen LogP contribution in [0, 0.1) is 5.92 Å². The van der Waals surface area contributed by atoms with Gasteiger partial charge in [0, 0.05) is 0 Å². The van der Waals surface area contributed by atoms with Crippen LogP contribution in [-0.4, -0.2) is 6.54 Å². The highest BCUT2D eigenvalue weighted by Crippen LogP contribution is 2.19. The van der Waals surface area contributed by atoms with E-state index in [-0.39, 0.29) is 0 Å². The molecule has 0 aliphatic carbocycles. The minimum Gasteiger partial charge on any atom is -0.330 e. The van der Waals surface area contributed by atoms with Crippen LogP contribution in [-0.2, 0) is 0 Å². The van der Waals surface area contributed by atoms with Crippen LogP contribution < -0.4 is 5.73 Å². The molecule has 0 aromatic rings. The second-order valence-corrected chi connectivity index (χ2v) is 8.34. The maximum Gasteiger partial charge on any atom is -0.00489 e. The van der Waals surface area contributed by atoms with Gasteiger partial charge in [-0.2, -0.15) is 0 Å². The summed E-state index contributed by atoms with van der Waals surface area (Å²) >= 11 is 0. The molecular weight excluding hydrogens is 302 g/mol. The third-order valence-corrected chi connectivity index (χ3v) is 5.77. The number of unbranched alkanes of at least 4 members (excludes halogenated alkanes) is 16. The summed E-state index contributed by atoms with van der Waals surface area (Å²) in [6.07, 6.45) is 28.5. The Morgan fingerprint density at radius 3 is 1.00 bits per heavy atom. The van der Waals surface area contributed by atoms with Gasteiger partial charge in [-0.25, -0.2) is 0 Å². The molecular formula is C24H51N. The minimum atomic E-state index is 0.800. The van der Waals surface area contributed by atoms with E-state index in [2.05, 4.69) is 13.8 Å². The summed E-state index contributed by atoms with van der Waals surface area (Å²) in [6, 6.07) is 0. The van der Waals surface area contributed by atoms with Crippen molar-refractivity contribution in [2.75, 3.05) is 6.54 Å². The molecule has 0 radical (unpaired) electrons. The van der Waals surface area contributed by atoms with E-state index in [9.17, 15) is 0 Å². The molecule has 0 aliphatic heterocycles. The largest absolute Gasteiger partial charge is 0.330 e. The van der Waals surface area contributed by atoms with Crippen molar-refractivity contribution >= 4 is 0 Å². The molecule has 0 aliphatic rings. The maximum atomic E-state index is 5.99. The molecule has 1 nitrogen and oxygen atoms in total. The zero-order valence-electron chi connectivity index (χ0n) is 18.0. The maximum absolute atomic E-state index is 5.99. The Morgan fingerprint density at radius 1 is 0.440 bits per heavy atom. The van der Waals surface area contributed by atoms with E-state index in [1.165, 1.54) is 128 Å². The Kier molecular flexibility index (Phi) is 22.0. The average Bonchev–Trinajstić information content (AvgIpc) is 2.63. The normalized spacial score (nSPS) is 12.6. The van der Waals surface area contributed by atoms with E-state index < -0.39 is 0 Å². The van der Waals surface area contributed by atoms with Gasteiger partial charge in [0.15, 0.2) is 0 Å². The molecule has 0 fully saturated rings. The lowest BCUT2D eigenvalue weighted by atomic mass is 9.94. The predicted molar refractivity (Wildman–Crippen MR) is 116 cm³/mol. The minimum absolute atomic E-state index is 0.800. The number of rotatable bonds is 21. The molecule has 0 aromatic carbocycles. The summed E-state index contributed by atoms with van der Waals surface area (Å²) in [7, 11) is 0. The Hall–Kier alpha value is -0.0400. The van der Waals surface area contributed by atoms with Gasteiger partial charge in [0.05, 0.1) is 0 Å². The zero-order valence-corrected chi connectivity index (χ0v) is 18.0. The highest BCUT2D eigenvalue weighted by atomic mass is 14.5. The Morgan fingerprint density at radius 2 is 0.720 bits per heavy atom. The number of nitrogens with two attached hydrogens (primary N) is 1. The monoisotopic (exact) mass is 353 g/mol. The van der Waals surface area contributed by atoms with E-state index in [4.69, 9.17) is 5.73 Å². The molecule has 0 saturated carbocycles. The third kappa shape index (κ3) is 20.1. The highest BCUT2D eigenvalue weighted by Gasteiger charge is 2.06. The summed E-state index contributed by atoms with van der Waals surface area (Å²) < 4.78 is 0. The molecule has 0 bridgehead atoms. The molecule has 2 N–H and O–H groups in total. The van der Waals surface area contributed by atoms with Crippen LogP contribution in [0.1, 0.15) is 142 Å². The molecule has 0 rings (SSSR count). The summed E-state index contributed by atoms with van der Waals surface area (Å²) in [4.78, 5) is 0. The topological polar surface area (TPSA) is 26.0 Å². The number of hydrogen-bond donors (Lipinski definition) is 1. The first-order valence-electron chi connectivity index (χ1n) is 12.0. The fourth-order valence-electron chi connectivity index (χ4n) is 3.87. The third-order valence-electron chi connectivity index (χ3n) is 5.77. The van der Waals surface area contributed by atoms with Crippen molar-refractivity contribution in [1.29, 1.82) is 0 Å². The Balaban J connectivity index is 3.28. The predicted octanol–water partition coefficient (Wildman–Crippen LogP) is 8.40. The molecule has 0 aromatic heterocycles. The van der Waals surface area contributed by atoms with Crippen molar-refractivity contribution in [2.24, 2.45) is 11.7 Å². The van der Waals surface area contributed by atoms with Gasteiger partial charge in [-0.1, -0.05) is 129 Å². The van der Waals surface area contributed by atoms with Gasteiger partial charge >= 0.3 is 0 Å². The summed E-state index contributed by atoms with van der Waals surface area (Å²) in [5.41, 5.74) is 5.99. The lowest BCUT2D eigenvalue weighted by Gasteiger charge is -2.14. The highest BCUT2D eigenvalue weighted by molar-refractivity contribution is 4.61. The van der Waals surface area contributed by atoms with E-state index in [0.29, 0.717) is 0 Å². The molecule has 0 unspecified atom stereocenters. The molecule has 0 spiro atoms. The molecule has 1 heteroatoms. The van der Waals surface area contributed by atoms with Gasteiger partial charge in [0.2, 0.25) is 0 Å². The van der Waals surface area contributed by atoms with Crippen LogP contribution >= 0.6 is 0 Å². The van der Waals surface area contributed by atoms with Crippen LogP contribution in [0.3, 0.4) is 0 Å². The van der Waals surface area contributed by atoms with Gasteiger partial charge in [-0.15, -0.1) is 0 Å². The van der Waals surface area contributed by atoms with Crippen molar-refractivity contribution in [1.82, 2.24) is 0 Å². The van der Waals surface area contributed by atoms with E-state index in [0.717, 1.165) is 12.5 Å². The second-order valence-electron chi connectivity index (χ2n) is 8.34. The fraction of sp³-hybridized carbons (Fsp3) is 1.00. The van der Waals surface area contributed by atoms with Crippen LogP contribution in [0.15, 0.2) is 0 Å². The van der Waals surface area contributed by atoms with Gasteiger partial charge in [0.1, 0.15) is 0 Å². The lowest BCUT2D eigenvalue weighted by molar-refractivity contribution is 0.409. The van der Waals surface area contributed by atoms with Gasteiger partial charge in [0.25, 0.3) is 0 Å². The fourth-order valence-corrected chi connectivity index (χ4v) is 3.87. The summed E-state index contributed by atoms with van der Waals surface area (Å²) in [6.45, 7) is 5.50. The summed E-state index contributed by atoms with van der Waals surface area (Å²) in [5.74, 6) is 0.800. The van der Waals surface area contributed by atoms with Gasteiger partial charge in [-0.05, 0) is 25.3 Å². The van der Waals surface area contributed by atoms with E-state index in [1.807, 2.05) is 0 Å². The van der Waals surface area contributed by atoms with Crippen molar-refractivity contribution < 1.29 is 0 Å². The van der Waals surface area contributed by atoms with E-state index in [1.54, 1.807) is 0 Å². The van der Waals surface area contributed by atoms with Crippen molar-refractivity contribution in [3.05, 3.63) is 0 Å². The SMILES string of the molecule is CCCCCCCCCCCC[C@H](CN)CCCCCCCCCC. The first-order chi connectivity index (χ1) is 12.3. The Labute approximate surface area is 160 Å². The lowest BCUT2D eigenvalue weighted by Crippen LogP contribution is -2.14. The molecule has 152 valence electrons. The van der Waals surface area contributed by atoms with Crippen molar-refractivity contribution in [2.45, 2.75) is 142 Å². The Bertz CT molecular complexity index is 226. The van der Waals surface area contributed by atoms with Crippen LogP contribution in [0.4, 0.5) is 0 Å². The van der Waals surface area contributed by atoms with Crippen LogP contribution in [0.25, 0.3) is 0 Å². The molecule has 0 heterocycles. The first-order valence-corrected chi connectivity index (χ1v) is 12.0. The van der Waals surface area contributed by atoms with Crippen molar-refractivity contribution in [3.63, 3.8) is 0 Å². The quantitative estimate of drug-likeness (QED) is 0.206. The van der Waals surface area contributed by atoms with Crippen LogP contribution in [0.2, 0.25) is 0 Å². The average molecular weight is 354 g/mol. The van der Waals surface area contributed by atoms with Gasteiger partial charge in [-0.3, -0.25) is 0 Å². The van der Waals surface area contributed by atoms with Crippen molar-refractivity contribution in [3.8, 4) is 0 Å². The zero-order chi connectivity index (χ0) is 18.4. The summed E-state index contributed by atoms with van der Waals surface area (Å²) in [5, 5.41) is 0.